The van der Waals surface area contributed by atoms with E-state index in [-0.39, 0.29) is 17.3 Å². The molecule has 0 fully saturated rings. The van der Waals surface area contributed by atoms with Crippen LogP contribution in [0.2, 0.25) is 0 Å². The third kappa shape index (κ3) is 2.23. The summed E-state index contributed by atoms with van der Waals surface area (Å²) < 4.78 is 38.9. The highest BCUT2D eigenvalue weighted by Gasteiger charge is 2.27. The van der Waals surface area contributed by atoms with E-state index < -0.39 is 23.5 Å². The van der Waals surface area contributed by atoms with Gasteiger partial charge in [0.15, 0.2) is 17.5 Å². The van der Waals surface area contributed by atoms with Gasteiger partial charge in [-0.1, -0.05) is 13.3 Å². The van der Waals surface area contributed by atoms with Gasteiger partial charge < -0.3 is 5.32 Å². The van der Waals surface area contributed by atoms with E-state index in [1.165, 1.54) is 0 Å². The fourth-order valence-electron chi connectivity index (χ4n) is 1.75. The van der Waals surface area contributed by atoms with Gasteiger partial charge in [-0.25, -0.2) is 13.2 Å². The summed E-state index contributed by atoms with van der Waals surface area (Å²) in [6, 6.07) is 1.08. The Bertz CT molecular complexity index is 505. The number of nitrogens with one attached hydrogen (secondary N) is 1. The molecule has 1 amide bonds. The molecule has 1 aromatic rings. The number of amidine groups is 1. The molecule has 0 bridgehead atoms. The summed E-state index contributed by atoms with van der Waals surface area (Å²) in [5, 5.41) is 2.43. The van der Waals surface area contributed by atoms with E-state index in [0.717, 1.165) is 18.6 Å². The van der Waals surface area contributed by atoms with Crippen LogP contribution in [0.1, 0.15) is 25.3 Å². The molecule has 96 valence electrons. The van der Waals surface area contributed by atoms with Gasteiger partial charge in [-0.3, -0.25) is 9.79 Å². The summed E-state index contributed by atoms with van der Waals surface area (Å²) in [4.78, 5) is 15.5. The largest absolute Gasteiger partial charge is 0.309 e. The highest BCUT2D eigenvalue weighted by molar-refractivity contribution is 6.13. The van der Waals surface area contributed by atoms with E-state index in [2.05, 4.69) is 10.3 Å². The van der Waals surface area contributed by atoms with Crippen LogP contribution in [-0.2, 0) is 4.79 Å². The average Bonchev–Trinajstić information content (AvgIpc) is 2.68. The topological polar surface area (TPSA) is 41.5 Å². The summed E-state index contributed by atoms with van der Waals surface area (Å²) in [5.41, 5.74) is 0.0263. The van der Waals surface area contributed by atoms with Crippen LogP contribution in [0.3, 0.4) is 0 Å². The van der Waals surface area contributed by atoms with Gasteiger partial charge in [0.1, 0.15) is 11.9 Å². The summed E-state index contributed by atoms with van der Waals surface area (Å²) in [5.74, 6) is -4.37. The summed E-state index contributed by atoms with van der Waals surface area (Å²) in [7, 11) is 0. The van der Waals surface area contributed by atoms with E-state index in [0.29, 0.717) is 6.42 Å². The van der Waals surface area contributed by atoms with Crippen LogP contribution >= 0.6 is 0 Å². The lowest BCUT2D eigenvalue weighted by atomic mass is 10.2. The normalized spacial score (nSPS) is 18.8. The molecular weight excluding hydrogens is 245 g/mol. The number of halogens is 3. The summed E-state index contributed by atoms with van der Waals surface area (Å²) in [6.07, 6.45) is 1.32. The SMILES string of the molecule is CCCC1N=C(c2cc(F)c(F)c(F)c2)NC1=O. The van der Waals surface area contributed by atoms with Crippen molar-refractivity contribution in [3.63, 3.8) is 0 Å². The molecule has 1 aliphatic rings. The molecule has 0 aliphatic carbocycles. The molecule has 18 heavy (non-hydrogen) atoms. The first-order valence-electron chi connectivity index (χ1n) is 5.56. The quantitative estimate of drug-likeness (QED) is 0.827. The third-order valence-electron chi connectivity index (χ3n) is 2.65. The molecule has 1 aliphatic heterocycles. The van der Waals surface area contributed by atoms with Crippen LogP contribution in [0.25, 0.3) is 0 Å². The Morgan fingerprint density at radius 1 is 1.28 bits per heavy atom. The van der Waals surface area contributed by atoms with E-state index in [4.69, 9.17) is 0 Å². The minimum absolute atomic E-state index is 0.0263. The van der Waals surface area contributed by atoms with E-state index in [1.54, 1.807) is 0 Å². The van der Waals surface area contributed by atoms with Crippen molar-refractivity contribution in [3.8, 4) is 0 Å². The Morgan fingerprint density at radius 2 is 1.89 bits per heavy atom. The van der Waals surface area contributed by atoms with E-state index >= 15 is 0 Å². The first-order chi connectivity index (χ1) is 8.52. The lowest BCUT2D eigenvalue weighted by Crippen LogP contribution is -2.29. The van der Waals surface area contributed by atoms with Gasteiger partial charge in [-0.05, 0) is 18.6 Å². The van der Waals surface area contributed by atoms with Crippen molar-refractivity contribution in [2.75, 3.05) is 0 Å². The maximum absolute atomic E-state index is 13.1. The second-order valence-electron chi connectivity index (χ2n) is 4.03. The highest BCUT2D eigenvalue weighted by atomic mass is 19.2. The number of amides is 1. The number of rotatable bonds is 3. The number of hydrogen-bond acceptors (Lipinski definition) is 2. The molecule has 6 heteroatoms. The van der Waals surface area contributed by atoms with Gasteiger partial charge >= 0.3 is 0 Å². The lowest BCUT2D eigenvalue weighted by molar-refractivity contribution is -0.120. The predicted octanol–water partition coefficient (Wildman–Crippen LogP) is 2.15. The smallest absolute Gasteiger partial charge is 0.250 e. The predicted molar refractivity (Wildman–Crippen MR) is 59.7 cm³/mol. The Hall–Kier alpha value is -1.85. The number of carbonyl (C=O) groups excluding carboxylic acids is 1. The number of benzene rings is 1. The summed E-state index contributed by atoms with van der Waals surface area (Å²) in [6.45, 7) is 1.90. The molecular formula is C12H11F3N2O. The van der Waals surface area contributed by atoms with Crippen molar-refractivity contribution < 1.29 is 18.0 Å². The second kappa shape index (κ2) is 4.80. The number of hydrogen-bond donors (Lipinski definition) is 1. The third-order valence-corrected chi connectivity index (χ3v) is 2.65. The Balaban J connectivity index is 2.33. The minimum atomic E-state index is -1.53. The number of carbonyl (C=O) groups is 1. The minimum Gasteiger partial charge on any atom is -0.309 e. The molecule has 3 nitrogen and oxygen atoms in total. The zero-order chi connectivity index (χ0) is 13.3. The van der Waals surface area contributed by atoms with Crippen molar-refractivity contribution in [3.05, 3.63) is 35.1 Å². The highest BCUT2D eigenvalue weighted by Crippen LogP contribution is 2.17. The standard InChI is InChI=1S/C12H11F3N2O/c1-2-3-9-12(18)17-11(16-9)6-4-7(13)10(15)8(14)5-6/h4-5,9H,2-3H2,1H3,(H,16,17,18). The molecule has 1 heterocycles. The van der Waals surface area contributed by atoms with Gasteiger partial charge in [-0.2, -0.15) is 0 Å². The van der Waals surface area contributed by atoms with Crippen molar-refractivity contribution in [1.29, 1.82) is 0 Å². The van der Waals surface area contributed by atoms with Crippen LogP contribution in [0, 0.1) is 17.5 Å². The summed E-state index contributed by atoms with van der Waals surface area (Å²) >= 11 is 0. The Labute approximate surface area is 102 Å². The maximum atomic E-state index is 13.1. The van der Waals surface area contributed by atoms with Gasteiger partial charge in [-0.15, -0.1) is 0 Å². The van der Waals surface area contributed by atoms with E-state index in [9.17, 15) is 18.0 Å². The molecule has 0 saturated heterocycles. The van der Waals surface area contributed by atoms with Crippen molar-refractivity contribution >= 4 is 11.7 Å². The van der Waals surface area contributed by atoms with E-state index in [1.807, 2.05) is 6.92 Å². The Morgan fingerprint density at radius 3 is 2.44 bits per heavy atom. The molecule has 0 saturated carbocycles. The van der Waals surface area contributed by atoms with Crippen LogP contribution in [0.15, 0.2) is 17.1 Å². The molecule has 0 aromatic heterocycles. The van der Waals surface area contributed by atoms with Crippen LogP contribution in [0.5, 0.6) is 0 Å². The first-order valence-corrected chi connectivity index (χ1v) is 5.56. The molecule has 0 radical (unpaired) electrons. The van der Waals surface area contributed by atoms with Gasteiger partial charge in [0.25, 0.3) is 0 Å². The fraction of sp³-hybridized carbons (Fsp3) is 0.333. The number of aliphatic imine (C=N–C) groups is 1. The van der Waals surface area contributed by atoms with Crippen LogP contribution in [0.4, 0.5) is 13.2 Å². The molecule has 1 atom stereocenters. The molecule has 0 spiro atoms. The maximum Gasteiger partial charge on any atom is 0.250 e. The zero-order valence-electron chi connectivity index (χ0n) is 9.64. The second-order valence-corrected chi connectivity index (χ2v) is 4.03. The molecule has 2 rings (SSSR count). The molecule has 1 unspecified atom stereocenters. The van der Waals surface area contributed by atoms with Crippen LogP contribution in [-0.4, -0.2) is 17.8 Å². The average molecular weight is 256 g/mol. The van der Waals surface area contributed by atoms with Gasteiger partial charge in [0, 0.05) is 5.56 Å². The monoisotopic (exact) mass is 256 g/mol. The molecule has 1 aromatic carbocycles. The molecule has 1 N–H and O–H groups in total. The fourth-order valence-corrected chi connectivity index (χ4v) is 1.75. The van der Waals surface area contributed by atoms with Crippen molar-refractivity contribution in [2.45, 2.75) is 25.8 Å². The number of nitrogens with zero attached hydrogens (tertiary/aromatic N) is 1. The lowest BCUT2D eigenvalue weighted by Gasteiger charge is -2.02. The Kier molecular flexibility index (Phi) is 3.36. The van der Waals surface area contributed by atoms with Crippen molar-refractivity contribution in [2.24, 2.45) is 4.99 Å². The van der Waals surface area contributed by atoms with Crippen molar-refractivity contribution in [1.82, 2.24) is 5.32 Å². The first kappa shape index (κ1) is 12.6. The van der Waals surface area contributed by atoms with Gasteiger partial charge in [0.05, 0.1) is 0 Å². The van der Waals surface area contributed by atoms with Crippen LogP contribution < -0.4 is 5.32 Å². The van der Waals surface area contributed by atoms with Gasteiger partial charge in [0.2, 0.25) is 5.91 Å². The zero-order valence-corrected chi connectivity index (χ0v) is 9.64.